The number of nitrogens with zero attached hydrogens (tertiary/aromatic N) is 3. The molecule has 1 fully saturated rings. The number of piperidine rings is 1. The van der Waals surface area contributed by atoms with Crippen LogP contribution in [0.5, 0.6) is 0 Å². The Morgan fingerprint density at radius 2 is 1.79 bits per heavy atom. The third-order valence-corrected chi connectivity index (χ3v) is 6.94. The summed E-state index contributed by atoms with van der Waals surface area (Å²) < 4.78 is 0. The molecule has 5 rings (SSSR count). The van der Waals surface area contributed by atoms with Crippen molar-refractivity contribution in [1.82, 2.24) is 9.88 Å². The fourth-order valence-electron chi connectivity index (χ4n) is 4.66. The van der Waals surface area contributed by atoms with Gasteiger partial charge in [0, 0.05) is 67.3 Å². The van der Waals surface area contributed by atoms with Crippen molar-refractivity contribution in [3.05, 3.63) is 89.8 Å². The molecule has 2 aliphatic heterocycles. The van der Waals surface area contributed by atoms with Gasteiger partial charge < -0.3 is 9.74 Å². The first-order valence-corrected chi connectivity index (χ1v) is 12.0. The molecule has 34 heavy (non-hydrogen) atoms. The average Bonchev–Trinajstić information content (AvgIpc) is 3.26. The van der Waals surface area contributed by atoms with E-state index in [-0.39, 0.29) is 16.8 Å². The van der Waals surface area contributed by atoms with Crippen LogP contribution in [0, 0.1) is 0 Å². The maximum absolute atomic E-state index is 12.6. The van der Waals surface area contributed by atoms with Gasteiger partial charge in [0.25, 0.3) is 0 Å². The van der Waals surface area contributed by atoms with E-state index in [4.69, 9.17) is 4.84 Å². The minimum absolute atomic E-state index is 0.0345. The highest BCUT2D eigenvalue weighted by Crippen LogP contribution is 2.36. The molecule has 0 unspecified atom stereocenters. The summed E-state index contributed by atoms with van der Waals surface area (Å²) in [6.45, 7) is 8.20. The molecule has 174 valence electrons. The molecule has 5 heteroatoms. The number of oxime groups is 1. The number of aromatic nitrogens is 1. The van der Waals surface area contributed by atoms with Gasteiger partial charge in [-0.3, -0.25) is 9.78 Å². The van der Waals surface area contributed by atoms with E-state index in [0.29, 0.717) is 0 Å². The lowest BCUT2D eigenvalue weighted by atomic mass is 9.85. The van der Waals surface area contributed by atoms with Crippen LogP contribution in [0.4, 0.5) is 0 Å². The molecule has 0 N–H and O–H groups in total. The second-order valence-corrected chi connectivity index (χ2v) is 10.4. The van der Waals surface area contributed by atoms with Crippen molar-refractivity contribution in [2.45, 2.75) is 51.0 Å². The monoisotopic (exact) mass is 453 g/mol. The van der Waals surface area contributed by atoms with Crippen LogP contribution in [0.2, 0.25) is 0 Å². The molecule has 1 saturated heterocycles. The number of ketones is 1. The first-order chi connectivity index (χ1) is 16.3. The Hall–Kier alpha value is -3.47. The van der Waals surface area contributed by atoms with Gasteiger partial charge in [-0.25, -0.2) is 0 Å². The van der Waals surface area contributed by atoms with Crippen LogP contribution in [-0.2, 0) is 10.3 Å². The van der Waals surface area contributed by atoms with Crippen molar-refractivity contribution in [2.24, 2.45) is 5.16 Å². The minimum Gasteiger partial charge on any atom is -0.388 e. The summed E-state index contributed by atoms with van der Waals surface area (Å²) in [5.41, 5.74) is 4.76. The zero-order valence-corrected chi connectivity index (χ0v) is 20.1. The Morgan fingerprint density at radius 1 is 1.06 bits per heavy atom. The van der Waals surface area contributed by atoms with Crippen molar-refractivity contribution < 1.29 is 9.63 Å². The van der Waals surface area contributed by atoms with Gasteiger partial charge in [0.1, 0.15) is 5.60 Å². The lowest BCUT2D eigenvalue weighted by Gasteiger charge is -2.36. The number of allylic oxidation sites excluding steroid dienone is 1. The Balaban J connectivity index is 1.17. The number of benzene rings is 2. The number of likely N-dealkylation sites (tertiary alicyclic amines) is 1. The average molecular weight is 454 g/mol. The lowest BCUT2D eigenvalue weighted by molar-refractivity contribution is -0.0550. The zero-order valence-electron chi connectivity index (χ0n) is 20.1. The van der Waals surface area contributed by atoms with E-state index in [9.17, 15) is 4.79 Å². The number of carbonyl (C=O) groups is 1. The molecule has 1 spiro atoms. The summed E-state index contributed by atoms with van der Waals surface area (Å²) in [5.74, 6) is 0.0345. The summed E-state index contributed by atoms with van der Waals surface area (Å²) in [4.78, 5) is 25.4. The van der Waals surface area contributed by atoms with Crippen molar-refractivity contribution in [3.63, 3.8) is 0 Å². The normalized spacial score (nSPS) is 17.9. The van der Waals surface area contributed by atoms with Gasteiger partial charge >= 0.3 is 0 Å². The summed E-state index contributed by atoms with van der Waals surface area (Å²) in [5, 5.41) is 5.55. The predicted octanol–water partition coefficient (Wildman–Crippen LogP) is 5.89. The predicted molar refractivity (Wildman–Crippen MR) is 136 cm³/mol. The van der Waals surface area contributed by atoms with Crippen LogP contribution in [0.15, 0.2) is 78.2 Å². The van der Waals surface area contributed by atoms with Crippen LogP contribution < -0.4 is 0 Å². The highest BCUT2D eigenvalue weighted by atomic mass is 16.7. The molecule has 0 bridgehead atoms. The van der Waals surface area contributed by atoms with Gasteiger partial charge in [-0.1, -0.05) is 68.4 Å². The molecule has 5 nitrogen and oxygen atoms in total. The van der Waals surface area contributed by atoms with Crippen LogP contribution in [0.1, 0.15) is 61.5 Å². The van der Waals surface area contributed by atoms with E-state index in [1.54, 1.807) is 6.08 Å². The third kappa shape index (κ3) is 4.60. The highest BCUT2D eigenvalue weighted by molar-refractivity contribution is 6.04. The molecule has 0 atom stereocenters. The quantitative estimate of drug-likeness (QED) is 0.365. The third-order valence-electron chi connectivity index (χ3n) is 6.94. The fourth-order valence-corrected chi connectivity index (χ4v) is 4.66. The molecular weight excluding hydrogens is 422 g/mol. The van der Waals surface area contributed by atoms with Gasteiger partial charge in [0.05, 0.1) is 11.2 Å². The van der Waals surface area contributed by atoms with Crippen molar-refractivity contribution in [2.75, 3.05) is 13.1 Å². The number of pyridine rings is 1. The molecule has 0 radical (unpaired) electrons. The Bertz CT molecular complexity index is 1260. The van der Waals surface area contributed by atoms with Crippen LogP contribution in [-0.4, -0.2) is 40.1 Å². The van der Waals surface area contributed by atoms with Crippen molar-refractivity contribution >= 4 is 22.4 Å². The first-order valence-electron chi connectivity index (χ1n) is 12.0. The molecular formula is C29H31N3O2. The van der Waals surface area contributed by atoms with Crippen molar-refractivity contribution in [1.29, 1.82) is 0 Å². The number of hydrogen-bond donors (Lipinski definition) is 0. The SMILES string of the molecule is CC(C)(C)c1ccc(C(=O)C=CN2CCC3(CC2)CC(c2cnc4ccccc4c2)=NO3)cc1. The van der Waals surface area contributed by atoms with Gasteiger partial charge in [-0.05, 0) is 23.1 Å². The van der Waals surface area contributed by atoms with Gasteiger partial charge in [0.15, 0.2) is 5.78 Å². The summed E-state index contributed by atoms with van der Waals surface area (Å²) in [7, 11) is 0. The summed E-state index contributed by atoms with van der Waals surface area (Å²) >= 11 is 0. The largest absolute Gasteiger partial charge is 0.388 e. The lowest BCUT2D eigenvalue weighted by Crippen LogP contribution is -2.42. The molecule has 3 aromatic rings. The standard InChI is InChI=1S/C29H31N3O2/c1-28(2,3)24-10-8-21(9-11-24)27(33)12-15-32-16-13-29(14-17-32)19-26(31-34-29)23-18-22-6-4-5-7-25(22)30-20-23/h4-12,15,18,20H,13-14,16-17,19H2,1-3H3. The number of hydrogen-bond acceptors (Lipinski definition) is 5. The fraction of sp³-hybridized carbons (Fsp3) is 0.345. The van der Waals surface area contributed by atoms with E-state index in [0.717, 1.165) is 60.1 Å². The number of rotatable bonds is 4. The topological polar surface area (TPSA) is 54.8 Å². The second-order valence-electron chi connectivity index (χ2n) is 10.4. The van der Waals surface area contributed by atoms with E-state index in [1.165, 1.54) is 5.56 Å². The minimum atomic E-state index is -0.252. The van der Waals surface area contributed by atoms with Crippen LogP contribution in [0.3, 0.4) is 0 Å². The Kier molecular flexibility index (Phi) is 5.72. The van der Waals surface area contributed by atoms with Gasteiger partial charge in [-0.2, -0.15) is 0 Å². The molecule has 0 amide bonds. The summed E-state index contributed by atoms with van der Waals surface area (Å²) in [6.07, 6.45) is 8.05. The Morgan fingerprint density at radius 3 is 2.53 bits per heavy atom. The van der Waals surface area contributed by atoms with Crippen LogP contribution >= 0.6 is 0 Å². The Labute approximate surface area is 201 Å². The number of fused-ring (bicyclic) bond motifs is 1. The molecule has 0 aliphatic carbocycles. The second kappa shape index (κ2) is 8.71. The zero-order chi connectivity index (χ0) is 23.8. The van der Waals surface area contributed by atoms with E-state index < -0.39 is 0 Å². The molecule has 1 aromatic heterocycles. The maximum atomic E-state index is 12.6. The molecule has 2 aromatic carbocycles. The van der Waals surface area contributed by atoms with Crippen molar-refractivity contribution in [3.8, 4) is 0 Å². The summed E-state index contributed by atoms with van der Waals surface area (Å²) in [6, 6.07) is 18.2. The number of carbonyl (C=O) groups excluding carboxylic acids is 1. The molecule has 2 aliphatic rings. The van der Waals surface area contributed by atoms with Gasteiger partial charge in [-0.15, -0.1) is 0 Å². The van der Waals surface area contributed by atoms with Crippen LogP contribution in [0.25, 0.3) is 10.9 Å². The molecule has 3 heterocycles. The first kappa shape index (κ1) is 22.3. The van der Waals surface area contributed by atoms with E-state index in [1.807, 2.05) is 54.9 Å². The highest BCUT2D eigenvalue weighted by Gasteiger charge is 2.42. The van der Waals surface area contributed by atoms with E-state index >= 15 is 0 Å². The smallest absolute Gasteiger partial charge is 0.187 e. The van der Waals surface area contributed by atoms with E-state index in [2.05, 4.69) is 47.9 Å². The number of para-hydroxylation sites is 1. The molecule has 0 saturated carbocycles. The van der Waals surface area contributed by atoms with Gasteiger partial charge in [0.2, 0.25) is 0 Å². The maximum Gasteiger partial charge on any atom is 0.187 e.